The SMILES string of the molecule is COC(=O)C1(O)CC23CCOC2C2(CC4CC56CCOC5CCN5CCC7(c8cccc(OC)c8N(C2)C47O)C56)CN2CCc4c(n1c1ccccc41)C23. The summed E-state index contributed by atoms with van der Waals surface area (Å²) in [6.45, 7) is 5.69. The Kier molecular flexibility index (Phi) is 5.82. The molecule has 10 aliphatic rings. The largest absolute Gasteiger partial charge is 0.495 e. The molecular formula is C43H50N4O7. The number of anilines is 1. The van der Waals surface area contributed by atoms with Crippen molar-refractivity contribution in [2.45, 2.75) is 92.5 Å². The molecular weight excluding hydrogens is 684 g/mol. The lowest BCUT2D eigenvalue weighted by atomic mass is 9.44. The number of fused-ring (bicyclic) bond motifs is 6. The molecule has 2 N–H and O–H groups in total. The van der Waals surface area contributed by atoms with E-state index in [1.165, 1.54) is 18.2 Å². The summed E-state index contributed by atoms with van der Waals surface area (Å²) in [7, 11) is 3.15. The number of aliphatic hydroxyl groups is 2. The summed E-state index contributed by atoms with van der Waals surface area (Å²) >= 11 is 0. The third kappa shape index (κ3) is 3.13. The molecule has 13 rings (SSSR count). The number of hydrogen-bond donors (Lipinski definition) is 2. The molecule has 7 fully saturated rings. The third-order valence-electron chi connectivity index (χ3n) is 17.5. The van der Waals surface area contributed by atoms with Crippen molar-refractivity contribution in [1.29, 1.82) is 0 Å². The normalized spacial score (nSPS) is 46.1. The van der Waals surface area contributed by atoms with Gasteiger partial charge in [-0.25, -0.2) is 4.79 Å². The molecule has 54 heavy (non-hydrogen) atoms. The van der Waals surface area contributed by atoms with Gasteiger partial charge in [-0.15, -0.1) is 0 Å². The number of carbonyl (C=O) groups excluding carboxylic acids is 1. The fraction of sp³-hybridized carbons (Fsp3) is 0.651. The molecule has 11 nitrogen and oxygen atoms in total. The van der Waals surface area contributed by atoms with E-state index in [-0.39, 0.29) is 47.5 Å². The van der Waals surface area contributed by atoms with E-state index in [1.807, 2.05) is 16.7 Å². The summed E-state index contributed by atoms with van der Waals surface area (Å²) < 4.78 is 27.5. The molecule has 10 heterocycles. The van der Waals surface area contributed by atoms with Crippen LogP contribution in [0.3, 0.4) is 0 Å². The van der Waals surface area contributed by atoms with Crippen molar-refractivity contribution in [3.63, 3.8) is 0 Å². The number of ether oxygens (including phenoxy) is 4. The van der Waals surface area contributed by atoms with Crippen LogP contribution in [-0.4, -0.2) is 115 Å². The minimum absolute atomic E-state index is 0.00654. The number of aromatic nitrogens is 1. The van der Waals surface area contributed by atoms with Gasteiger partial charge in [0, 0.05) is 85.1 Å². The van der Waals surface area contributed by atoms with E-state index in [1.54, 1.807) is 7.11 Å². The van der Waals surface area contributed by atoms with Crippen LogP contribution in [0.15, 0.2) is 42.5 Å². The van der Waals surface area contributed by atoms with E-state index >= 15 is 0 Å². The first kappa shape index (κ1) is 32.0. The number of para-hydroxylation sites is 2. The van der Waals surface area contributed by atoms with Gasteiger partial charge in [0.1, 0.15) is 5.75 Å². The Bertz CT molecular complexity index is 2190. The van der Waals surface area contributed by atoms with E-state index in [2.05, 4.69) is 45.0 Å². The average molecular weight is 735 g/mol. The molecule has 11 unspecified atom stereocenters. The molecule has 284 valence electrons. The van der Waals surface area contributed by atoms with Crippen molar-refractivity contribution in [2.24, 2.45) is 22.2 Å². The van der Waals surface area contributed by atoms with E-state index < -0.39 is 28.2 Å². The average Bonchev–Trinajstić information content (AvgIpc) is 4.00. The molecule has 11 heteroatoms. The summed E-state index contributed by atoms with van der Waals surface area (Å²) in [5, 5.41) is 28.1. The second-order valence-corrected chi connectivity index (χ2v) is 19.0. The van der Waals surface area contributed by atoms with Crippen molar-refractivity contribution in [3.8, 4) is 5.75 Å². The minimum atomic E-state index is -1.88. The zero-order chi connectivity index (χ0) is 36.2. The topological polar surface area (TPSA) is 109 Å². The quantitative estimate of drug-likeness (QED) is 0.379. The molecule has 1 aromatic heterocycles. The number of esters is 1. The Hall–Kier alpha value is -3.19. The number of rotatable bonds is 2. The van der Waals surface area contributed by atoms with Gasteiger partial charge in [0.15, 0.2) is 5.72 Å². The Labute approximate surface area is 315 Å². The Morgan fingerprint density at radius 1 is 0.907 bits per heavy atom. The maximum absolute atomic E-state index is 14.1. The van der Waals surface area contributed by atoms with Gasteiger partial charge in [-0.3, -0.25) is 9.80 Å². The molecule has 0 radical (unpaired) electrons. The lowest BCUT2D eigenvalue weighted by Crippen LogP contribution is -2.80. The second-order valence-electron chi connectivity index (χ2n) is 19.0. The van der Waals surface area contributed by atoms with Gasteiger partial charge >= 0.3 is 5.97 Å². The van der Waals surface area contributed by atoms with Crippen LogP contribution in [0.4, 0.5) is 5.69 Å². The molecule has 0 amide bonds. The maximum atomic E-state index is 14.1. The zero-order valence-electron chi connectivity index (χ0n) is 31.3. The van der Waals surface area contributed by atoms with Gasteiger partial charge in [0.05, 0.1) is 49.1 Å². The highest BCUT2D eigenvalue weighted by molar-refractivity contribution is 5.90. The first-order valence-electron chi connectivity index (χ1n) is 20.5. The number of piperidine rings is 3. The fourth-order valence-electron chi connectivity index (χ4n) is 16.4. The van der Waals surface area contributed by atoms with Gasteiger partial charge in [-0.1, -0.05) is 30.3 Å². The number of benzene rings is 2. The van der Waals surface area contributed by atoms with E-state index in [4.69, 9.17) is 18.9 Å². The summed E-state index contributed by atoms with van der Waals surface area (Å²) in [5.74, 6) is 0.172. The highest BCUT2D eigenvalue weighted by Crippen LogP contribution is 2.77. The maximum Gasteiger partial charge on any atom is 0.359 e. The number of nitrogens with zero attached hydrogens (tertiary/aromatic N) is 4. The van der Waals surface area contributed by atoms with Crippen LogP contribution in [0.25, 0.3) is 10.9 Å². The molecule has 4 spiro atoms. The molecule has 2 aromatic carbocycles. The summed E-state index contributed by atoms with van der Waals surface area (Å²) in [4.78, 5) is 21.9. The number of hydrogen-bond acceptors (Lipinski definition) is 10. The lowest BCUT2D eigenvalue weighted by Gasteiger charge is -2.71. The smallest absolute Gasteiger partial charge is 0.359 e. The van der Waals surface area contributed by atoms with Crippen molar-refractivity contribution < 1.29 is 34.0 Å². The van der Waals surface area contributed by atoms with Gasteiger partial charge in [0.2, 0.25) is 5.72 Å². The van der Waals surface area contributed by atoms with Crippen LogP contribution in [0.1, 0.15) is 67.8 Å². The lowest BCUT2D eigenvalue weighted by molar-refractivity contribution is -0.248. The third-order valence-corrected chi connectivity index (χ3v) is 17.5. The molecule has 0 bridgehead atoms. The second kappa shape index (κ2) is 9.84. The van der Waals surface area contributed by atoms with Crippen LogP contribution in [0.2, 0.25) is 0 Å². The first-order chi connectivity index (χ1) is 26.2. The fourth-order valence-corrected chi connectivity index (χ4v) is 16.4. The van der Waals surface area contributed by atoms with E-state index in [0.717, 1.165) is 106 Å². The summed E-state index contributed by atoms with van der Waals surface area (Å²) in [6, 6.07) is 14.9. The summed E-state index contributed by atoms with van der Waals surface area (Å²) in [6.07, 6.45) is 6.49. The first-order valence-corrected chi connectivity index (χ1v) is 20.5. The van der Waals surface area contributed by atoms with Crippen LogP contribution in [0.5, 0.6) is 5.75 Å². The molecule has 1 saturated carbocycles. The van der Waals surface area contributed by atoms with Crippen LogP contribution >= 0.6 is 0 Å². The van der Waals surface area contributed by atoms with E-state index in [9.17, 15) is 15.0 Å². The molecule has 3 aromatic rings. The predicted molar refractivity (Wildman–Crippen MR) is 197 cm³/mol. The highest BCUT2D eigenvalue weighted by Gasteiger charge is 2.83. The van der Waals surface area contributed by atoms with E-state index in [0.29, 0.717) is 13.2 Å². The Morgan fingerprint density at radius 3 is 2.63 bits per heavy atom. The molecule has 6 saturated heterocycles. The molecule has 11 atom stereocenters. The van der Waals surface area contributed by atoms with Crippen LogP contribution < -0.4 is 9.64 Å². The van der Waals surface area contributed by atoms with Crippen LogP contribution in [0, 0.1) is 22.2 Å². The highest BCUT2D eigenvalue weighted by atomic mass is 16.5. The molecule has 1 aliphatic carbocycles. The van der Waals surface area contributed by atoms with Crippen molar-refractivity contribution >= 4 is 22.6 Å². The van der Waals surface area contributed by atoms with Crippen molar-refractivity contribution in [1.82, 2.24) is 14.4 Å². The number of methoxy groups -OCH3 is 2. The Morgan fingerprint density at radius 2 is 1.76 bits per heavy atom. The standard InChI is InChI=1S/C43H50N4O7/c1-51-30-9-5-7-28-33(30)46-24-38(20-25-21-39-13-18-53-31(39)11-16-44-17-12-41(28,35(39)44)43(25,46)50)23-45-15-10-27-26-6-3-4-8-29(26)47-32(27)34(45)40(14-19-54-36(38)40)22-42(47,49)37(48)52-2/h3-9,25,31,34-36,49-50H,10-24H2,1-2H3. The van der Waals surface area contributed by atoms with Crippen LogP contribution in [-0.2, 0) is 36.6 Å². The molecule has 9 aliphatic heterocycles. The van der Waals surface area contributed by atoms with Crippen molar-refractivity contribution in [3.05, 3.63) is 59.3 Å². The van der Waals surface area contributed by atoms with Gasteiger partial charge in [-0.2, -0.15) is 0 Å². The van der Waals surface area contributed by atoms with Gasteiger partial charge in [0.25, 0.3) is 0 Å². The van der Waals surface area contributed by atoms with Crippen molar-refractivity contribution in [2.75, 3.05) is 65.1 Å². The number of carbonyl (C=O) groups is 1. The Balaban J connectivity index is 1.04. The van der Waals surface area contributed by atoms with Gasteiger partial charge < -0.3 is 38.6 Å². The minimum Gasteiger partial charge on any atom is -0.495 e. The van der Waals surface area contributed by atoms with Gasteiger partial charge in [-0.05, 0) is 74.8 Å². The monoisotopic (exact) mass is 734 g/mol. The zero-order valence-corrected chi connectivity index (χ0v) is 31.3. The summed E-state index contributed by atoms with van der Waals surface area (Å²) in [5.41, 5.74) is 1.08. The predicted octanol–water partition coefficient (Wildman–Crippen LogP) is 3.67.